The molecule has 0 fully saturated rings. The summed E-state index contributed by atoms with van der Waals surface area (Å²) in [5.74, 6) is 0.107. The third kappa shape index (κ3) is 4.96. The minimum absolute atomic E-state index is 0.107. The molecule has 0 aromatic heterocycles. The van der Waals surface area contributed by atoms with E-state index in [0.29, 0.717) is 10.8 Å². The van der Waals surface area contributed by atoms with Crippen LogP contribution in [0.2, 0.25) is 0 Å². The number of anilines is 2. The lowest BCUT2D eigenvalue weighted by Gasteiger charge is -2.12. The van der Waals surface area contributed by atoms with Gasteiger partial charge in [0, 0.05) is 11.4 Å². The second-order valence-electron chi connectivity index (χ2n) is 4.54. The molecule has 0 saturated heterocycles. The summed E-state index contributed by atoms with van der Waals surface area (Å²) in [7, 11) is 0. The number of hydrogen-bond acceptors (Lipinski definition) is 2. The van der Waals surface area contributed by atoms with Crippen LogP contribution in [0.25, 0.3) is 0 Å². The Morgan fingerprint density at radius 2 is 1.77 bits per heavy atom. The molecule has 0 atom stereocenters. The smallest absolute Gasteiger partial charge is 0.387 e. The summed E-state index contributed by atoms with van der Waals surface area (Å²) in [4.78, 5) is 0. The number of thiocarbonyl (C=S) groups is 1. The molecule has 0 amide bonds. The summed E-state index contributed by atoms with van der Waals surface area (Å²) in [5.41, 5.74) is 2.79. The average molecular weight is 322 g/mol. The van der Waals surface area contributed by atoms with E-state index >= 15 is 0 Å². The van der Waals surface area contributed by atoms with Gasteiger partial charge in [-0.25, -0.2) is 0 Å². The Morgan fingerprint density at radius 1 is 1.09 bits per heavy atom. The second-order valence-corrected chi connectivity index (χ2v) is 4.94. The molecule has 0 aliphatic heterocycles. The van der Waals surface area contributed by atoms with Crippen LogP contribution in [0.4, 0.5) is 20.2 Å². The number of hydrogen-bond donors (Lipinski definition) is 2. The van der Waals surface area contributed by atoms with E-state index in [0.717, 1.165) is 12.1 Å². The van der Waals surface area contributed by atoms with Gasteiger partial charge in [0.05, 0.1) is 0 Å². The SMILES string of the molecule is CCc1cccc(NC(=S)Nc2ccc(OC(F)F)cc2)c1. The zero-order valence-corrected chi connectivity index (χ0v) is 12.8. The highest BCUT2D eigenvalue weighted by atomic mass is 32.1. The zero-order valence-electron chi connectivity index (χ0n) is 12.0. The van der Waals surface area contributed by atoms with Crippen LogP contribution in [0.3, 0.4) is 0 Å². The molecule has 0 unspecified atom stereocenters. The number of aryl methyl sites for hydroxylation is 1. The van der Waals surface area contributed by atoms with Crippen molar-refractivity contribution in [1.82, 2.24) is 0 Å². The molecule has 6 heteroatoms. The summed E-state index contributed by atoms with van der Waals surface area (Å²) in [6.07, 6.45) is 0.946. The van der Waals surface area contributed by atoms with Crippen LogP contribution in [-0.4, -0.2) is 11.7 Å². The van der Waals surface area contributed by atoms with Gasteiger partial charge in [-0.3, -0.25) is 0 Å². The predicted octanol–water partition coefficient (Wildman–Crippen LogP) is 4.66. The molecule has 0 heterocycles. The van der Waals surface area contributed by atoms with Crippen molar-refractivity contribution in [3.63, 3.8) is 0 Å². The summed E-state index contributed by atoms with van der Waals surface area (Å²) < 4.78 is 28.4. The van der Waals surface area contributed by atoms with Crippen molar-refractivity contribution in [3.05, 3.63) is 54.1 Å². The van der Waals surface area contributed by atoms with Crippen LogP contribution in [0.1, 0.15) is 12.5 Å². The van der Waals surface area contributed by atoms with Crippen LogP contribution in [-0.2, 0) is 6.42 Å². The van der Waals surface area contributed by atoms with E-state index in [4.69, 9.17) is 12.2 Å². The Balaban J connectivity index is 1.93. The highest BCUT2D eigenvalue weighted by Crippen LogP contribution is 2.18. The van der Waals surface area contributed by atoms with Gasteiger partial charge in [0.2, 0.25) is 0 Å². The van der Waals surface area contributed by atoms with Gasteiger partial charge in [0.15, 0.2) is 5.11 Å². The first-order valence-corrected chi connectivity index (χ1v) is 7.19. The molecule has 2 aromatic rings. The molecule has 0 bridgehead atoms. The number of alkyl halides is 2. The van der Waals surface area contributed by atoms with Crippen molar-refractivity contribution >= 4 is 28.7 Å². The van der Waals surface area contributed by atoms with Crippen molar-refractivity contribution in [3.8, 4) is 5.75 Å². The maximum Gasteiger partial charge on any atom is 0.387 e. The zero-order chi connectivity index (χ0) is 15.9. The standard InChI is InChI=1S/C16H16F2N2OS/c1-2-11-4-3-5-13(10-11)20-16(22)19-12-6-8-14(9-7-12)21-15(17)18/h3-10,15H,2H2,1H3,(H2,19,20,22). The maximum absolute atomic E-state index is 12.1. The molecular weight excluding hydrogens is 306 g/mol. The fourth-order valence-electron chi connectivity index (χ4n) is 1.88. The van der Waals surface area contributed by atoms with Gasteiger partial charge in [-0.1, -0.05) is 19.1 Å². The highest BCUT2D eigenvalue weighted by Gasteiger charge is 2.04. The van der Waals surface area contributed by atoms with Crippen molar-refractivity contribution in [1.29, 1.82) is 0 Å². The van der Waals surface area contributed by atoms with Crippen molar-refractivity contribution in [2.45, 2.75) is 20.0 Å². The third-order valence-electron chi connectivity index (χ3n) is 2.93. The topological polar surface area (TPSA) is 33.3 Å². The average Bonchev–Trinajstić information content (AvgIpc) is 2.49. The summed E-state index contributed by atoms with van der Waals surface area (Å²) in [6, 6.07) is 14.1. The molecule has 2 aromatic carbocycles. The van der Waals surface area contributed by atoms with Crippen LogP contribution in [0, 0.1) is 0 Å². The molecule has 2 rings (SSSR count). The molecule has 0 radical (unpaired) electrons. The van der Waals surface area contributed by atoms with Gasteiger partial charge in [0.25, 0.3) is 0 Å². The lowest BCUT2D eigenvalue weighted by molar-refractivity contribution is -0.0498. The monoisotopic (exact) mass is 322 g/mol. The number of halogens is 2. The molecule has 22 heavy (non-hydrogen) atoms. The molecular formula is C16H16F2N2OS. The quantitative estimate of drug-likeness (QED) is 0.785. The van der Waals surface area contributed by atoms with E-state index in [1.807, 2.05) is 24.3 Å². The second kappa shape index (κ2) is 7.70. The lowest BCUT2D eigenvalue weighted by Crippen LogP contribution is -2.19. The Kier molecular flexibility index (Phi) is 5.66. The minimum atomic E-state index is -2.83. The number of nitrogens with one attached hydrogen (secondary N) is 2. The van der Waals surface area contributed by atoms with Crippen LogP contribution in [0.5, 0.6) is 5.75 Å². The first-order valence-electron chi connectivity index (χ1n) is 6.78. The van der Waals surface area contributed by atoms with Gasteiger partial charge in [-0.2, -0.15) is 8.78 Å². The normalized spacial score (nSPS) is 10.4. The molecule has 0 aliphatic carbocycles. The first kappa shape index (κ1) is 16.2. The minimum Gasteiger partial charge on any atom is -0.435 e. The summed E-state index contributed by atoms with van der Waals surface area (Å²) in [5, 5.41) is 6.49. The number of benzene rings is 2. The van der Waals surface area contributed by atoms with Crippen molar-refractivity contribution in [2.75, 3.05) is 10.6 Å². The fraction of sp³-hybridized carbons (Fsp3) is 0.188. The van der Waals surface area contributed by atoms with E-state index in [1.165, 1.54) is 17.7 Å². The maximum atomic E-state index is 12.1. The molecule has 0 spiro atoms. The Labute approximate surface area is 133 Å². The van der Waals surface area contributed by atoms with E-state index in [1.54, 1.807) is 12.1 Å². The van der Waals surface area contributed by atoms with E-state index in [-0.39, 0.29) is 5.75 Å². The van der Waals surface area contributed by atoms with Gasteiger partial charge >= 0.3 is 6.61 Å². The van der Waals surface area contributed by atoms with E-state index in [2.05, 4.69) is 22.3 Å². The number of ether oxygens (including phenoxy) is 1. The van der Waals surface area contributed by atoms with Gasteiger partial charge < -0.3 is 15.4 Å². The molecule has 3 nitrogen and oxygen atoms in total. The van der Waals surface area contributed by atoms with Crippen LogP contribution < -0.4 is 15.4 Å². The van der Waals surface area contributed by atoms with Gasteiger partial charge in [0.1, 0.15) is 5.75 Å². The van der Waals surface area contributed by atoms with Crippen LogP contribution >= 0.6 is 12.2 Å². The van der Waals surface area contributed by atoms with E-state index < -0.39 is 6.61 Å². The summed E-state index contributed by atoms with van der Waals surface area (Å²) >= 11 is 5.23. The lowest BCUT2D eigenvalue weighted by atomic mass is 10.1. The highest BCUT2D eigenvalue weighted by molar-refractivity contribution is 7.80. The Bertz CT molecular complexity index is 632. The third-order valence-corrected chi connectivity index (χ3v) is 3.13. The first-order chi connectivity index (χ1) is 10.6. The van der Waals surface area contributed by atoms with Crippen molar-refractivity contribution < 1.29 is 13.5 Å². The molecule has 116 valence electrons. The van der Waals surface area contributed by atoms with Crippen LogP contribution in [0.15, 0.2) is 48.5 Å². The van der Waals surface area contributed by atoms with Gasteiger partial charge in [-0.15, -0.1) is 0 Å². The predicted molar refractivity (Wildman–Crippen MR) is 88.7 cm³/mol. The Hall–Kier alpha value is -2.21. The Morgan fingerprint density at radius 3 is 2.41 bits per heavy atom. The van der Waals surface area contributed by atoms with Gasteiger partial charge in [-0.05, 0) is 60.6 Å². The van der Waals surface area contributed by atoms with E-state index in [9.17, 15) is 8.78 Å². The summed E-state index contributed by atoms with van der Waals surface area (Å²) in [6.45, 7) is -0.744. The fourth-order valence-corrected chi connectivity index (χ4v) is 2.12. The largest absolute Gasteiger partial charge is 0.435 e. The molecule has 0 saturated carbocycles. The molecule has 2 N–H and O–H groups in total. The molecule has 0 aliphatic rings. The van der Waals surface area contributed by atoms with Crippen molar-refractivity contribution in [2.24, 2.45) is 0 Å². The number of rotatable bonds is 5.